The molecule has 0 spiro atoms. The van der Waals surface area contributed by atoms with Crippen molar-refractivity contribution in [1.82, 2.24) is 5.32 Å². The summed E-state index contributed by atoms with van der Waals surface area (Å²) in [7, 11) is 0. The summed E-state index contributed by atoms with van der Waals surface area (Å²) in [6.45, 7) is -0.382. The normalized spacial score (nSPS) is 10.5. The number of ether oxygens (including phenoxy) is 1. The smallest absolute Gasteiger partial charge is 0.261 e. The number of carbonyl (C=O) groups is 1. The number of hydrogen-bond donors (Lipinski definition) is 2. The van der Waals surface area contributed by atoms with Crippen LogP contribution in [0.25, 0.3) is 0 Å². The molecule has 0 radical (unpaired) electrons. The van der Waals surface area contributed by atoms with E-state index in [0.29, 0.717) is 11.3 Å². The molecule has 0 unspecified atom stereocenters. The van der Waals surface area contributed by atoms with Gasteiger partial charge in [0.05, 0.1) is 6.61 Å². The molecule has 0 aliphatic carbocycles. The second-order valence-electron chi connectivity index (χ2n) is 3.35. The van der Waals surface area contributed by atoms with Crippen molar-refractivity contribution in [2.24, 2.45) is 0 Å². The monoisotopic (exact) mass is 244 g/mol. The first-order valence-corrected chi connectivity index (χ1v) is 5.09. The van der Waals surface area contributed by atoms with Crippen LogP contribution in [-0.4, -0.2) is 32.1 Å². The lowest BCUT2D eigenvalue weighted by atomic mass is 10.2. The number of benzene rings is 1. The zero-order chi connectivity index (χ0) is 12.7. The second kappa shape index (κ2) is 6.80. The summed E-state index contributed by atoms with van der Waals surface area (Å²) >= 11 is 0. The fourth-order valence-electron chi connectivity index (χ4n) is 1.19. The van der Waals surface area contributed by atoms with Gasteiger partial charge in [0.25, 0.3) is 12.3 Å². The summed E-state index contributed by atoms with van der Waals surface area (Å²) in [6.07, 6.45) is -2.49. The van der Waals surface area contributed by atoms with Crippen molar-refractivity contribution in [3.8, 4) is 0 Å². The van der Waals surface area contributed by atoms with Crippen LogP contribution in [0.2, 0.25) is 0 Å². The van der Waals surface area contributed by atoms with Gasteiger partial charge in [0.1, 0.15) is 6.61 Å². The largest absolute Gasteiger partial charge is 0.399 e. The molecular weight excluding hydrogens is 230 g/mol. The summed E-state index contributed by atoms with van der Waals surface area (Å²) in [5, 5.41) is 2.54. The molecule has 1 aromatic carbocycles. The van der Waals surface area contributed by atoms with Crippen LogP contribution >= 0.6 is 0 Å². The predicted octanol–water partition coefficient (Wildman–Crippen LogP) is 1.28. The van der Waals surface area contributed by atoms with E-state index in [1.807, 2.05) is 0 Å². The van der Waals surface area contributed by atoms with Crippen LogP contribution in [0, 0.1) is 0 Å². The Balaban J connectivity index is 2.26. The van der Waals surface area contributed by atoms with E-state index >= 15 is 0 Å². The van der Waals surface area contributed by atoms with Gasteiger partial charge in [-0.15, -0.1) is 0 Å². The van der Waals surface area contributed by atoms with Crippen molar-refractivity contribution >= 4 is 11.6 Å². The summed E-state index contributed by atoms with van der Waals surface area (Å²) in [6, 6.07) is 6.49. The molecule has 0 fully saturated rings. The highest BCUT2D eigenvalue weighted by Gasteiger charge is 2.05. The molecule has 4 nitrogen and oxygen atoms in total. The molecule has 1 aromatic rings. The summed E-state index contributed by atoms with van der Waals surface area (Å²) in [5.41, 5.74) is 6.44. The van der Waals surface area contributed by atoms with Gasteiger partial charge in [0, 0.05) is 17.8 Å². The van der Waals surface area contributed by atoms with Crippen molar-refractivity contribution in [2.75, 3.05) is 25.5 Å². The van der Waals surface area contributed by atoms with Crippen molar-refractivity contribution in [3.63, 3.8) is 0 Å². The number of alkyl halides is 2. The van der Waals surface area contributed by atoms with Crippen LogP contribution in [0.1, 0.15) is 10.4 Å². The Kier molecular flexibility index (Phi) is 5.35. The number of nitrogen functional groups attached to an aromatic ring is 1. The van der Waals surface area contributed by atoms with Gasteiger partial charge in [0.15, 0.2) is 0 Å². The Bertz CT molecular complexity index is 372. The van der Waals surface area contributed by atoms with E-state index in [1.54, 1.807) is 18.2 Å². The fraction of sp³-hybridized carbons (Fsp3) is 0.364. The minimum atomic E-state index is -2.49. The molecule has 0 bridgehead atoms. The van der Waals surface area contributed by atoms with Crippen LogP contribution in [0.5, 0.6) is 0 Å². The van der Waals surface area contributed by atoms with Crippen LogP contribution in [0.4, 0.5) is 14.5 Å². The number of halogens is 2. The first-order valence-electron chi connectivity index (χ1n) is 5.09. The molecule has 1 amide bonds. The third kappa shape index (κ3) is 5.26. The van der Waals surface area contributed by atoms with Crippen LogP contribution in [-0.2, 0) is 4.74 Å². The SMILES string of the molecule is Nc1cccc(C(=O)NCCOCC(F)F)c1. The van der Waals surface area contributed by atoms with Crippen LogP contribution in [0.3, 0.4) is 0 Å². The minimum Gasteiger partial charge on any atom is -0.399 e. The number of rotatable bonds is 6. The van der Waals surface area contributed by atoms with Gasteiger partial charge >= 0.3 is 0 Å². The standard InChI is InChI=1S/C11H14F2N2O2/c12-10(13)7-17-5-4-15-11(16)8-2-1-3-9(14)6-8/h1-3,6,10H,4-5,7,14H2,(H,15,16). The van der Waals surface area contributed by atoms with Gasteiger partial charge in [-0.2, -0.15) is 0 Å². The van der Waals surface area contributed by atoms with Crippen molar-refractivity contribution in [2.45, 2.75) is 6.43 Å². The molecule has 3 N–H and O–H groups in total. The lowest BCUT2D eigenvalue weighted by molar-refractivity contribution is 0.0188. The molecule has 0 aliphatic heterocycles. The molecule has 0 saturated carbocycles. The van der Waals surface area contributed by atoms with E-state index in [4.69, 9.17) is 5.73 Å². The second-order valence-corrected chi connectivity index (χ2v) is 3.35. The maximum absolute atomic E-state index is 11.7. The molecule has 0 heterocycles. The Labute approximate surface area is 97.8 Å². The lowest BCUT2D eigenvalue weighted by Crippen LogP contribution is -2.27. The van der Waals surface area contributed by atoms with E-state index in [9.17, 15) is 13.6 Å². The van der Waals surface area contributed by atoms with Crippen molar-refractivity contribution in [1.29, 1.82) is 0 Å². The quantitative estimate of drug-likeness (QED) is 0.585. The number of anilines is 1. The summed E-state index contributed by atoms with van der Waals surface area (Å²) < 4.78 is 28.0. The summed E-state index contributed by atoms with van der Waals surface area (Å²) in [5.74, 6) is -0.307. The maximum Gasteiger partial charge on any atom is 0.261 e. The van der Waals surface area contributed by atoms with Gasteiger partial charge in [-0.25, -0.2) is 8.78 Å². The number of hydrogen-bond acceptors (Lipinski definition) is 3. The number of carbonyl (C=O) groups excluding carboxylic acids is 1. The molecule has 0 atom stereocenters. The average Bonchev–Trinajstić information content (AvgIpc) is 2.28. The molecule has 1 rings (SSSR count). The predicted molar refractivity (Wildman–Crippen MR) is 60.0 cm³/mol. The van der Waals surface area contributed by atoms with E-state index in [2.05, 4.69) is 10.1 Å². The summed E-state index contributed by atoms with van der Waals surface area (Å²) in [4.78, 5) is 11.5. The zero-order valence-corrected chi connectivity index (χ0v) is 9.16. The zero-order valence-electron chi connectivity index (χ0n) is 9.16. The van der Waals surface area contributed by atoms with Gasteiger partial charge in [-0.05, 0) is 18.2 Å². The molecule has 6 heteroatoms. The van der Waals surface area contributed by atoms with Crippen molar-refractivity contribution < 1.29 is 18.3 Å². The highest BCUT2D eigenvalue weighted by atomic mass is 19.3. The number of nitrogens with one attached hydrogen (secondary N) is 1. The van der Waals surface area contributed by atoms with Gasteiger partial charge in [-0.3, -0.25) is 4.79 Å². The molecule has 0 aliphatic rings. The Hall–Kier alpha value is -1.69. The minimum absolute atomic E-state index is 0.0540. The Morgan fingerprint density at radius 3 is 2.88 bits per heavy atom. The first-order chi connectivity index (χ1) is 8.09. The highest BCUT2D eigenvalue weighted by Crippen LogP contribution is 2.05. The lowest BCUT2D eigenvalue weighted by Gasteiger charge is -2.06. The Morgan fingerprint density at radius 2 is 2.24 bits per heavy atom. The Morgan fingerprint density at radius 1 is 1.47 bits per heavy atom. The first kappa shape index (κ1) is 13.4. The average molecular weight is 244 g/mol. The molecular formula is C11H14F2N2O2. The van der Waals surface area contributed by atoms with E-state index < -0.39 is 13.0 Å². The fourth-order valence-corrected chi connectivity index (χ4v) is 1.19. The van der Waals surface area contributed by atoms with E-state index in [1.165, 1.54) is 6.07 Å². The maximum atomic E-state index is 11.7. The third-order valence-corrected chi connectivity index (χ3v) is 1.92. The topological polar surface area (TPSA) is 64.4 Å². The molecule has 17 heavy (non-hydrogen) atoms. The number of amides is 1. The van der Waals surface area contributed by atoms with Crippen LogP contribution in [0.15, 0.2) is 24.3 Å². The van der Waals surface area contributed by atoms with Gasteiger partial charge in [0.2, 0.25) is 0 Å². The molecule has 94 valence electrons. The van der Waals surface area contributed by atoms with Crippen LogP contribution < -0.4 is 11.1 Å². The van der Waals surface area contributed by atoms with E-state index in [0.717, 1.165) is 0 Å². The highest BCUT2D eigenvalue weighted by molar-refractivity contribution is 5.94. The van der Waals surface area contributed by atoms with Crippen molar-refractivity contribution in [3.05, 3.63) is 29.8 Å². The number of nitrogens with two attached hydrogens (primary N) is 1. The van der Waals surface area contributed by atoms with E-state index in [-0.39, 0.29) is 19.1 Å². The molecule has 0 aromatic heterocycles. The molecule has 0 saturated heterocycles. The van der Waals surface area contributed by atoms with Gasteiger partial charge in [-0.1, -0.05) is 6.07 Å². The third-order valence-electron chi connectivity index (χ3n) is 1.92. The van der Waals surface area contributed by atoms with Gasteiger partial charge < -0.3 is 15.8 Å².